The van der Waals surface area contributed by atoms with Crippen molar-refractivity contribution >= 4 is 27.5 Å². The van der Waals surface area contributed by atoms with E-state index in [1.165, 1.54) is 62.8 Å². The molecule has 4 fully saturated rings. The maximum absolute atomic E-state index is 17.0. The number of benzene rings is 2. The summed E-state index contributed by atoms with van der Waals surface area (Å²) in [5.41, 5.74) is 0.142. The fourth-order valence-corrected chi connectivity index (χ4v) is 9.43. The van der Waals surface area contributed by atoms with Gasteiger partial charge in [-0.05, 0) is 81.0 Å². The summed E-state index contributed by atoms with van der Waals surface area (Å²) in [5.74, 6) is 2.37. The highest BCUT2D eigenvalue weighted by Crippen LogP contribution is 2.51. The Kier molecular flexibility index (Phi) is 8.98. The number of rotatable bonds is 8. The van der Waals surface area contributed by atoms with E-state index in [0.717, 1.165) is 38.1 Å². The predicted molar refractivity (Wildman–Crippen MR) is 190 cm³/mol. The van der Waals surface area contributed by atoms with Crippen LogP contribution in [0.5, 0.6) is 11.8 Å². The molecular weight excluding hydrogens is 636 g/mol. The molecule has 2 aliphatic carbocycles. The molecular formula is C40H45F2N5O3. The summed E-state index contributed by atoms with van der Waals surface area (Å²) in [6.07, 6.45) is 19.0. The van der Waals surface area contributed by atoms with Crippen LogP contribution in [0.4, 0.5) is 14.6 Å². The van der Waals surface area contributed by atoms with E-state index in [4.69, 9.17) is 25.9 Å². The molecule has 2 aliphatic heterocycles. The summed E-state index contributed by atoms with van der Waals surface area (Å²) in [4.78, 5) is 19.0. The molecule has 4 aliphatic rings. The number of aromatic hydroxyl groups is 1. The van der Waals surface area contributed by atoms with Crippen LogP contribution in [0.25, 0.3) is 32.9 Å². The van der Waals surface area contributed by atoms with Crippen LogP contribution in [0.3, 0.4) is 0 Å². The summed E-state index contributed by atoms with van der Waals surface area (Å²) < 4.78 is 44.2. The molecule has 50 heavy (non-hydrogen) atoms. The van der Waals surface area contributed by atoms with Crippen LogP contribution >= 0.6 is 0 Å². The van der Waals surface area contributed by atoms with E-state index in [2.05, 4.69) is 27.6 Å². The van der Waals surface area contributed by atoms with Gasteiger partial charge in [0.25, 0.3) is 0 Å². The number of nitrogens with zero attached hydrogens (tertiary/aromatic N) is 5. The quantitative estimate of drug-likeness (QED) is 0.190. The number of anilines is 1. The lowest BCUT2D eigenvalue weighted by molar-refractivity contribution is -0.0543. The molecule has 1 N–H and O–H groups in total. The highest BCUT2D eigenvalue weighted by atomic mass is 19.1. The van der Waals surface area contributed by atoms with Crippen molar-refractivity contribution in [2.24, 2.45) is 11.3 Å². The van der Waals surface area contributed by atoms with Crippen LogP contribution in [-0.4, -0.2) is 76.5 Å². The molecule has 0 spiro atoms. The van der Waals surface area contributed by atoms with Gasteiger partial charge >= 0.3 is 6.01 Å². The van der Waals surface area contributed by atoms with Gasteiger partial charge in [0.1, 0.15) is 28.6 Å². The normalized spacial score (nSPS) is 25.6. The van der Waals surface area contributed by atoms with E-state index in [1.54, 1.807) is 6.20 Å². The topological polar surface area (TPSA) is 83.8 Å². The number of piperidine rings is 1. The van der Waals surface area contributed by atoms with Crippen molar-refractivity contribution in [3.05, 3.63) is 47.7 Å². The summed E-state index contributed by atoms with van der Waals surface area (Å²) in [6.45, 7) is 6.33. The standard InChI is InChI=1S/C40H45F2N5O3/c1-3-8-25-19-27(20-25)47-15-6-13-40(12-5-9-33(40)47)24-50-39-44-37-31(38(45-39)46-14-7-17-49-18-16-46)23-43-36(35(37)42)30-22-28(48)21-26-10-11-32(41)29(4-2)34(26)30/h2,10-11,21-23,25,27,33,48H,3,5-9,12-20,24H2,1H3. The van der Waals surface area contributed by atoms with Gasteiger partial charge in [0, 0.05) is 54.3 Å². The van der Waals surface area contributed by atoms with Gasteiger partial charge in [0.05, 0.1) is 24.2 Å². The summed E-state index contributed by atoms with van der Waals surface area (Å²) in [7, 11) is 0. The third kappa shape index (κ3) is 5.82. The van der Waals surface area contributed by atoms with Crippen molar-refractivity contribution in [1.29, 1.82) is 0 Å². The summed E-state index contributed by atoms with van der Waals surface area (Å²) in [6, 6.07) is 6.87. The van der Waals surface area contributed by atoms with Gasteiger partial charge in [-0.2, -0.15) is 9.97 Å². The minimum absolute atomic E-state index is 0.0150. The van der Waals surface area contributed by atoms with Crippen LogP contribution in [0.1, 0.15) is 76.7 Å². The highest BCUT2D eigenvalue weighted by Gasteiger charge is 2.51. The number of terminal acetylenes is 1. The van der Waals surface area contributed by atoms with Crippen molar-refractivity contribution in [3.63, 3.8) is 0 Å². The van der Waals surface area contributed by atoms with Crippen LogP contribution in [0.2, 0.25) is 0 Å². The lowest BCUT2D eigenvalue weighted by Crippen LogP contribution is -2.58. The second-order valence-corrected chi connectivity index (χ2v) is 14.8. The third-order valence-electron chi connectivity index (χ3n) is 11.8. The van der Waals surface area contributed by atoms with E-state index in [1.807, 2.05) is 0 Å². The first kappa shape index (κ1) is 33.1. The average molecular weight is 682 g/mol. The van der Waals surface area contributed by atoms with Gasteiger partial charge in [0.15, 0.2) is 5.82 Å². The van der Waals surface area contributed by atoms with Crippen molar-refractivity contribution in [2.75, 3.05) is 44.4 Å². The second kappa shape index (κ2) is 13.6. The number of phenolic OH excluding ortho intramolecular Hbond substituents is 1. The molecule has 0 radical (unpaired) electrons. The fraction of sp³-hybridized carbons (Fsp3) is 0.525. The average Bonchev–Trinajstić information content (AvgIpc) is 3.35. The molecule has 8 nitrogen and oxygen atoms in total. The van der Waals surface area contributed by atoms with Gasteiger partial charge in [-0.25, -0.2) is 8.78 Å². The van der Waals surface area contributed by atoms with E-state index in [9.17, 15) is 9.50 Å². The number of fused-ring (bicyclic) bond motifs is 3. The first-order valence-corrected chi connectivity index (χ1v) is 18.4. The number of pyridine rings is 1. The second-order valence-electron chi connectivity index (χ2n) is 14.8. The number of hydrogen-bond acceptors (Lipinski definition) is 8. The van der Waals surface area contributed by atoms with Gasteiger partial charge in [-0.3, -0.25) is 9.88 Å². The molecule has 10 heteroatoms. The molecule has 2 saturated heterocycles. The number of hydrogen-bond donors (Lipinski definition) is 1. The first-order chi connectivity index (χ1) is 24.4. The van der Waals surface area contributed by atoms with Crippen molar-refractivity contribution in [1.82, 2.24) is 19.9 Å². The van der Waals surface area contributed by atoms with Gasteiger partial charge < -0.3 is 19.5 Å². The Morgan fingerprint density at radius 1 is 1.08 bits per heavy atom. The summed E-state index contributed by atoms with van der Waals surface area (Å²) in [5, 5.41) is 11.8. The van der Waals surface area contributed by atoms with Crippen LogP contribution in [-0.2, 0) is 4.74 Å². The van der Waals surface area contributed by atoms with Crippen LogP contribution in [0.15, 0.2) is 30.5 Å². The molecule has 2 atom stereocenters. The van der Waals surface area contributed by atoms with Gasteiger partial charge in [-0.15, -0.1) is 6.42 Å². The van der Waals surface area contributed by atoms with Crippen LogP contribution < -0.4 is 9.64 Å². The maximum Gasteiger partial charge on any atom is 0.319 e. The predicted octanol–water partition coefficient (Wildman–Crippen LogP) is 7.63. The Labute approximate surface area is 292 Å². The molecule has 0 amide bonds. The zero-order chi connectivity index (χ0) is 34.4. The molecule has 0 bridgehead atoms. The smallest absolute Gasteiger partial charge is 0.319 e. The number of ether oxygens (including phenoxy) is 2. The number of likely N-dealkylation sites (tertiary alicyclic amines) is 1. The molecule has 4 heterocycles. The molecule has 4 aromatic rings. The van der Waals surface area contributed by atoms with E-state index in [-0.39, 0.29) is 39.5 Å². The van der Waals surface area contributed by atoms with E-state index in [0.29, 0.717) is 67.0 Å². The molecule has 2 saturated carbocycles. The van der Waals surface area contributed by atoms with E-state index >= 15 is 4.39 Å². The lowest BCUT2D eigenvalue weighted by Gasteiger charge is -2.53. The monoisotopic (exact) mass is 681 g/mol. The SMILES string of the molecule is C#Cc1c(F)ccc2cc(O)cc(-c3ncc4c(N5CCCOCC5)nc(OCC56CCCC5N(C5CC(CCC)C5)CCC6)nc4c3F)c12. The van der Waals surface area contributed by atoms with Crippen molar-refractivity contribution in [3.8, 4) is 35.4 Å². The molecule has 262 valence electrons. The number of halogens is 2. The number of phenols is 1. The van der Waals surface area contributed by atoms with Gasteiger partial charge in [-0.1, -0.05) is 38.2 Å². The van der Waals surface area contributed by atoms with Gasteiger partial charge in [0.2, 0.25) is 0 Å². The minimum atomic E-state index is -0.714. The lowest BCUT2D eigenvalue weighted by atomic mass is 9.71. The molecule has 2 aromatic heterocycles. The summed E-state index contributed by atoms with van der Waals surface area (Å²) >= 11 is 0. The maximum atomic E-state index is 17.0. The molecule has 8 rings (SSSR count). The Balaban J connectivity index is 1.18. The van der Waals surface area contributed by atoms with Crippen molar-refractivity contribution < 1.29 is 23.4 Å². The highest BCUT2D eigenvalue weighted by molar-refractivity contribution is 6.03. The zero-order valence-electron chi connectivity index (χ0n) is 28.8. The zero-order valence-corrected chi connectivity index (χ0v) is 28.8. The molecule has 2 aromatic carbocycles. The fourth-order valence-electron chi connectivity index (χ4n) is 9.43. The van der Waals surface area contributed by atoms with Crippen molar-refractivity contribution in [2.45, 2.75) is 83.2 Å². The Morgan fingerprint density at radius 2 is 1.94 bits per heavy atom. The molecule has 2 unspecified atom stereocenters. The Morgan fingerprint density at radius 3 is 2.78 bits per heavy atom. The first-order valence-electron chi connectivity index (χ1n) is 18.4. The minimum Gasteiger partial charge on any atom is -0.508 e. The third-order valence-corrected chi connectivity index (χ3v) is 11.8. The Bertz CT molecular complexity index is 1950. The van der Waals surface area contributed by atoms with Crippen LogP contribution in [0, 0.1) is 35.3 Å². The largest absolute Gasteiger partial charge is 0.508 e. The number of aromatic nitrogens is 3. The van der Waals surface area contributed by atoms with E-state index < -0.39 is 11.6 Å². The Hall–Kier alpha value is -4.07.